The van der Waals surface area contributed by atoms with Crippen molar-refractivity contribution < 1.29 is 9.59 Å². The highest BCUT2D eigenvalue weighted by atomic mass is 35.5. The Morgan fingerprint density at radius 1 is 1.25 bits per heavy atom. The maximum Gasteiger partial charge on any atom is 0.264 e. The molecule has 2 heterocycles. The number of amides is 2. The van der Waals surface area contributed by atoms with E-state index in [1.54, 1.807) is 24.4 Å². The zero-order chi connectivity index (χ0) is 22.1. The fourth-order valence-electron chi connectivity index (χ4n) is 3.40. The van der Waals surface area contributed by atoms with Crippen LogP contribution in [-0.2, 0) is 9.59 Å². The highest BCUT2D eigenvalue weighted by Crippen LogP contribution is 2.34. The molecule has 3 aromatic rings. The van der Waals surface area contributed by atoms with Crippen LogP contribution in [0, 0.1) is 5.92 Å². The number of aliphatic imine (C=N–C) groups is 1. The molecule has 0 radical (unpaired) electrons. The van der Waals surface area contributed by atoms with Crippen LogP contribution in [0.1, 0.15) is 24.8 Å². The second-order valence-electron chi connectivity index (χ2n) is 7.80. The van der Waals surface area contributed by atoms with E-state index in [1.807, 2.05) is 36.4 Å². The number of pyridine rings is 1. The van der Waals surface area contributed by atoms with Crippen LogP contribution in [0.15, 0.2) is 64.6 Å². The molecule has 5 rings (SSSR count). The smallest absolute Gasteiger partial charge is 0.264 e. The fraction of sp³-hybridized carbons (Fsp3) is 0.167. The third-order valence-electron chi connectivity index (χ3n) is 5.20. The van der Waals surface area contributed by atoms with Crippen LogP contribution in [0.2, 0.25) is 5.02 Å². The van der Waals surface area contributed by atoms with E-state index >= 15 is 0 Å². The van der Waals surface area contributed by atoms with Gasteiger partial charge in [0.05, 0.1) is 21.1 Å². The van der Waals surface area contributed by atoms with Gasteiger partial charge < -0.3 is 10.6 Å². The molecule has 0 unspecified atom stereocenters. The lowest BCUT2D eigenvalue weighted by Crippen LogP contribution is -2.19. The Morgan fingerprint density at radius 2 is 2.12 bits per heavy atom. The highest BCUT2D eigenvalue weighted by molar-refractivity contribution is 8.18. The normalized spacial score (nSPS) is 18.3. The molecule has 1 saturated carbocycles. The van der Waals surface area contributed by atoms with E-state index in [-0.39, 0.29) is 11.8 Å². The van der Waals surface area contributed by atoms with Gasteiger partial charge in [-0.05, 0) is 78.6 Å². The third kappa shape index (κ3) is 4.84. The van der Waals surface area contributed by atoms with Gasteiger partial charge in [0.2, 0.25) is 5.91 Å². The third-order valence-corrected chi connectivity index (χ3v) is 6.43. The monoisotopic (exact) mass is 462 g/mol. The van der Waals surface area contributed by atoms with Crippen molar-refractivity contribution in [2.45, 2.75) is 19.3 Å². The van der Waals surface area contributed by atoms with Crippen LogP contribution in [0.5, 0.6) is 0 Å². The van der Waals surface area contributed by atoms with E-state index in [4.69, 9.17) is 11.6 Å². The molecule has 1 aromatic heterocycles. The number of nitrogens with one attached hydrogen (secondary N) is 2. The van der Waals surface area contributed by atoms with Gasteiger partial charge in [-0.2, -0.15) is 0 Å². The maximum absolute atomic E-state index is 12.5. The topological polar surface area (TPSA) is 83.5 Å². The van der Waals surface area contributed by atoms with Crippen LogP contribution < -0.4 is 10.6 Å². The molecule has 160 valence electrons. The van der Waals surface area contributed by atoms with E-state index in [9.17, 15) is 9.59 Å². The largest absolute Gasteiger partial charge is 0.326 e. The zero-order valence-electron chi connectivity index (χ0n) is 17.0. The minimum atomic E-state index is -0.218. The zero-order valence-corrected chi connectivity index (χ0v) is 18.5. The number of benzene rings is 2. The number of thioether (sulfide) groups is 1. The second kappa shape index (κ2) is 8.76. The van der Waals surface area contributed by atoms with Gasteiger partial charge in [0.25, 0.3) is 5.91 Å². The van der Waals surface area contributed by atoms with Gasteiger partial charge >= 0.3 is 0 Å². The standard InChI is InChI=1S/C24H19ClN4O2S/c25-18-7-6-17(27-22(30)12-14-3-4-14)13-20(18)28-24-29-23(31)21(32-24)11-15-5-8-19-16(10-15)2-1-9-26-19/h1-2,5-11,13-14H,3-4,12H2,(H,27,30)(H,28,29,31). The van der Waals surface area contributed by atoms with Crippen LogP contribution >= 0.6 is 23.4 Å². The van der Waals surface area contributed by atoms with Crippen molar-refractivity contribution in [1.82, 2.24) is 10.3 Å². The molecular weight excluding hydrogens is 444 g/mol. The lowest BCUT2D eigenvalue weighted by atomic mass is 10.1. The number of nitrogens with zero attached hydrogens (tertiary/aromatic N) is 2. The lowest BCUT2D eigenvalue weighted by Gasteiger charge is -2.07. The Morgan fingerprint density at radius 3 is 2.97 bits per heavy atom. The van der Waals surface area contributed by atoms with Gasteiger partial charge in [-0.25, -0.2) is 4.99 Å². The minimum absolute atomic E-state index is 0.00669. The van der Waals surface area contributed by atoms with Gasteiger partial charge in [-0.3, -0.25) is 14.6 Å². The second-order valence-corrected chi connectivity index (χ2v) is 9.24. The summed E-state index contributed by atoms with van der Waals surface area (Å²) in [5.74, 6) is 0.286. The van der Waals surface area contributed by atoms with E-state index < -0.39 is 0 Å². The molecule has 0 spiro atoms. The van der Waals surface area contributed by atoms with E-state index in [1.165, 1.54) is 11.8 Å². The van der Waals surface area contributed by atoms with Crippen molar-refractivity contribution >= 4 is 68.7 Å². The maximum atomic E-state index is 12.5. The molecule has 2 amide bonds. The Hall–Kier alpha value is -3.16. The first-order chi connectivity index (χ1) is 15.5. The molecule has 1 aliphatic heterocycles. The SMILES string of the molecule is O=C(CC1CC1)Nc1ccc(Cl)c(N=C2NC(=O)C(=Cc3ccc4ncccc4c3)S2)c1. The average Bonchev–Trinajstić information content (AvgIpc) is 3.52. The summed E-state index contributed by atoms with van der Waals surface area (Å²) in [4.78, 5) is 33.9. The summed E-state index contributed by atoms with van der Waals surface area (Å²) in [5.41, 5.74) is 2.92. The first-order valence-electron chi connectivity index (χ1n) is 10.3. The van der Waals surface area contributed by atoms with E-state index in [0.717, 1.165) is 29.3 Å². The molecule has 6 nitrogen and oxygen atoms in total. The Bertz CT molecular complexity index is 1300. The number of halogens is 1. The van der Waals surface area contributed by atoms with Crippen molar-refractivity contribution in [3.05, 3.63) is 70.2 Å². The van der Waals surface area contributed by atoms with Crippen molar-refractivity contribution in [2.75, 3.05) is 5.32 Å². The summed E-state index contributed by atoms with van der Waals surface area (Å²) in [6.07, 6.45) is 6.36. The molecule has 2 aromatic carbocycles. The summed E-state index contributed by atoms with van der Waals surface area (Å²) < 4.78 is 0. The van der Waals surface area contributed by atoms with Crippen molar-refractivity contribution in [1.29, 1.82) is 0 Å². The number of fused-ring (bicyclic) bond motifs is 1. The van der Waals surface area contributed by atoms with Crippen LogP contribution in [-0.4, -0.2) is 22.0 Å². The summed E-state index contributed by atoms with van der Waals surface area (Å²) in [6.45, 7) is 0. The minimum Gasteiger partial charge on any atom is -0.326 e. The molecular formula is C24H19ClN4O2S. The number of rotatable bonds is 5. The number of hydrogen-bond donors (Lipinski definition) is 2. The molecule has 1 saturated heterocycles. The van der Waals surface area contributed by atoms with Gasteiger partial charge in [0.1, 0.15) is 0 Å². The van der Waals surface area contributed by atoms with Crippen LogP contribution in [0.3, 0.4) is 0 Å². The number of carbonyl (C=O) groups is 2. The molecule has 32 heavy (non-hydrogen) atoms. The first-order valence-corrected chi connectivity index (χ1v) is 11.5. The van der Waals surface area contributed by atoms with Crippen molar-refractivity contribution in [3.8, 4) is 0 Å². The summed E-state index contributed by atoms with van der Waals surface area (Å²) in [7, 11) is 0. The fourth-order valence-corrected chi connectivity index (χ4v) is 4.39. The van der Waals surface area contributed by atoms with E-state index in [2.05, 4.69) is 20.6 Å². The number of amidine groups is 1. The Kier molecular flexibility index (Phi) is 5.68. The number of aromatic nitrogens is 1. The molecule has 0 atom stereocenters. The summed E-state index contributed by atoms with van der Waals surface area (Å²) >= 11 is 7.55. The van der Waals surface area contributed by atoms with Crippen LogP contribution in [0.4, 0.5) is 11.4 Å². The quantitative estimate of drug-likeness (QED) is 0.489. The molecule has 8 heteroatoms. The summed E-state index contributed by atoms with van der Waals surface area (Å²) in [6, 6.07) is 14.9. The van der Waals surface area contributed by atoms with Crippen molar-refractivity contribution in [3.63, 3.8) is 0 Å². The van der Waals surface area contributed by atoms with Gasteiger partial charge in [0, 0.05) is 23.7 Å². The molecule has 2 fully saturated rings. The lowest BCUT2D eigenvalue weighted by molar-refractivity contribution is -0.116. The molecule has 0 bridgehead atoms. The van der Waals surface area contributed by atoms with Crippen molar-refractivity contribution in [2.24, 2.45) is 10.9 Å². The summed E-state index contributed by atoms with van der Waals surface area (Å²) in [5, 5.41) is 7.55. The Balaban J connectivity index is 1.34. The van der Waals surface area contributed by atoms with Gasteiger partial charge in [-0.1, -0.05) is 23.7 Å². The Labute approximate surface area is 194 Å². The number of hydrogen-bond acceptors (Lipinski definition) is 5. The average molecular weight is 463 g/mol. The number of anilines is 1. The highest BCUT2D eigenvalue weighted by Gasteiger charge is 2.25. The molecule has 1 aliphatic carbocycles. The van der Waals surface area contributed by atoms with E-state index in [0.29, 0.717) is 38.8 Å². The predicted molar refractivity (Wildman–Crippen MR) is 130 cm³/mol. The first kappa shape index (κ1) is 20.7. The van der Waals surface area contributed by atoms with Gasteiger partial charge in [0.15, 0.2) is 5.17 Å². The van der Waals surface area contributed by atoms with Crippen LogP contribution in [0.25, 0.3) is 17.0 Å². The molecule has 2 aliphatic rings. The van der Waals surface area contributed by atoms with Gasteiger partial charge in [-0.15, -0.1) is 0 Å². The predicted octanol–water partition coefficient (Wildman–Crippen LogP) is 5.52. The molecule has 2 N–H and O–H groups in total. The number of carbonyl (C=O) groups excluding carboxylic acids is 2.